The normalized spacial score (nSPS) is 16.6. The van der Waals surface area contributed by atoms with Gasteiger partial charge in [-0.15, -0.1) is 6.58 Å². The van der Waals surface area contributed by atoms with Crippen molar-refractivity contribution in [1.29, 1.82) is 0 Å². The highest BCUT2D eigenvalue weighted by atomic mass is 14.2. The number of unbranched alkanes of at least 4 members (excludes halogenated alkanes) is 1. The van der Waals surface area contributed by atoms with E-state index in [2.05, 4.69) is 56.0 Å². The Kier molecular flexibility index (Phi) is 5.91. The van der Waals surface area contributed by atoms with E-state index in [0.29, 0.717) is 0 Å². The molecule has 0 bridgehead atoms. The Morgan fingerprint density at radius 3 is 2.58 bits per heavy atom. The molecule has 0 N–H and O–H groups in total. The van der Waals surface area contributed by atoms with Crippen molar-refractivity contribution < 1.29 is 0 Å². The van der Waals surface area contributed by atoms with Crippen LogP contribution in [0.1, 0.15) is 55.7 Å². The van der Waals surface area contributed by atoms with Gasteiger partial charge in [-0.1, -0.05) is 74.7 Å². The molecule has 0 aliphatic heterocycles. The fourth-order valence-corrected chi connectivity index (χ4v) is 3.88. The molecule has 0 saturated carbocycles. The summed E-state index contributed by atoms with van der Waals surface area (Å²) in [7, 11) is 0. The predicted molar refractivity (Wildman–Crippen MR) is 105 cm³/mol. The highest BCUT2D eigenvalue weighted by Crippen LogP contribution is 2.32. The SMILES string of the molecule is C=CCCc1ccc(-c2ccc3c(c2)CCC(CCCC)C3)cc1. The molecule has 0 fully saturated rings. The van der Waals surface area contributed by atoms with E-state index in [1.54, 1.807) is 11.1 Å². The third-order valence-corrected chi connectivity index (χ3v) is 5.43. The van der Waals surface area contributed by atoms with Gasteiger partial charge in [0.2, 0.25) is 0 Å². The Morgan fingerprint density at radius 1 is 1.04 bits per heavy atom. The van der Waals surface area contributed by atoms with Crippen LogP contribution in [0.2, 0.25) is 0 Å². The molecule has 1 unspecified atom stereocenters. The summed E-state index contributed by atoms with van der Waals surface area (Å²) in [4.78, 5) is 0. The average molecular weight is 319 g/mol. The molecule has 0 aromatic heterocycles. The van der Waals surface area contributed by atoms with Gasteiger partial charge in [0.1, 0.15) is 0 Å². The van der Waals surface area contributed by atoms with Gasteiger partial charge in [0, 0.05) is 0 Å². The van der Waals surface area contributed by atoms with Crippen molar-refractivity contribution in [2.24, 2.45) is 5.92 Å². The molecule has 0 heterocycles. The van der Waals surface area contributed by atoms with E-state index in [1.165, 1.54) is 55.2 Å². The number of rotatable bonds is 7. The van der Waals surface area contributed by atoms with E-state index < -0.39 is 0 Å². The molecular weight excluding hydrogens is 288 g/mol. The van der Waals surface area contributed by atoms with Crippen LogP contribution in [-0.4, -0.2) is 0 Å². The van der Waals surface area contributed by atoms with E-state index in [4.69, 9.17) is 0 Å². The summed E-state index contributed by atoms with van der Waals surface area (Å²) in [6, 6.07) is 16.2. The Morgan fingerprint density at radius 2 is 1.83 bits per heavy atom. The fourth-order valence-electron chi connectivity index (χ4n) is 3.88. The Bertz CT molecular complexity index is 663. The summed E-state index contributed by atoms with van der Waals surface area (Å²) >= 11 is 0. The van der Waals surface area contributed by atoms with Crippen molar-refractivity contribution in [2.75, 3.05) is 0 Å². The van der Waals surface area contributed by atoms with E-state index >= 15 is 0 Å². The van der Waals surface area contributed by atoms with E-state index in [9.17, 15) is 0 Å². The summed E-state index contributed by atoms with van der Waals surface area (Å²) in [5.74, 6) is 0.910. The van der Waals surface area contributed by atoms with E-state index in [0.717, 1.165) is 18.8 Å². The fraction of sp³-hybridized carbons (Fsp3) is 0.417. The minimum absolute atomic E-state index is 0.910. The van der Waals surface area contributed by atoms with Crippen molar-refractivity contribution in [3.63, 3.8) is 0 Å². The summed E-state index contributed by atoms with van der Waals surface area (Å²) < 4.78 is 0. The minimum atomic E-state index is 0.910. The smallest absolute Gasteiger partial charge is 0.0181 e. The van der Waals surface area contributed by atoms with Crippen LogP contribution in [0.3, 0.4) is 0 Å². The molecule has 0 saturated heterocycles. The summed E-state index contributed by atoms with van der Waals surface area (Å²) in [5.41, 5.74) is 7.28. The Labute approximate surface area is 147 Å². The Balaban J connectivity index is 1.71. The molecule has 1 aliphatic carbocycles. The molecule has 24 heavy (non-hydrogen) atoms. The molecule has 2 aromatic rings. The monoisotopic (exact) mass is 318 g/mol. The molecule has 1 aliphatic rings. The maximum absolute atomic E-state index is 3.80. The topological polar surface area (TPSA) is 0 Å². The summed E-state index contributed by atoms with van der Waals surface area (Å²) in [6.07, 6.45) is 12.2. The second kappa shape index (κ2) is 8.33. The number of allylic oxidation sites excluding steroid dienone is 1. The van der Waals surface area contributed by atoms with Gasteiger partial charge < -0.3 is 0 Å². The second-order valence-corrected chi connectivity index (χ2v) is 7.26. The van der Waals surface area contributed by atoms with Gasteiger partial charge in [-0.25, -0.2) is 0 Å². The molecule has 0 amide bonds. The molecule has 126 valence electrons. The van der Waals surface area contributed by atoms with Gasteiger partial charge in [0.25, 0.3) is 0 Å². The molecule has 0 spiro atoms. The van der Waals surface area contributed by atoms with Crippen molar-refractivity contribution in [3.05, 3.63) is 71.8 Å². The molecule has 0 radical (unpaired) electrons. The second-order valence-electron chi connectivity index (χ2n) is 7.26. The molecule has 2 aromatic carbocycles. The molecule has 3 rings (SSSR count). The van der Waals surface area contributed by atoms with E-state index in [-0.39, 0.29) is 0 Å². The Hall–Kier alpha value is -1.82. The van der Waals surface area contributed by atoms with Crippen LogP contribution in [0.25, 0.3) is 11.1 Å². The van der Waals surface area contributed by atoms with Crippen molar-refractivity contribution in [3.8, 4) is 11.1 Å². The van der Waals surface area contributed by atoms with Crippen LogP contribution < -0.4 is 0 Å². The summed E-state index contributed by atoms with van der Waals surface area (Å²) in [5, 5.41) is 0. The largest absolute Gasteiger partial charge is 0.103 e. The lowest BCUT2D eigenvalue weighted by molar-refractivity contribution is 0.413. The first-order valence-corrected chi connectivity index (χ1v) is 9.62. The quantitative estimate of drug-likeness (QED) is 0.494. The number of fused-ring (bicyclic) bond motifs is 1. The van der Waals surface area contributed by atoms with Crippen LogP contribution in [-0.2, 0) is 19.3 Å². The highest BCUT2D eigenvalue weighted by molar-refractivity contribution is 5.65. The third-order valence-electron chi connectivity index (χ3n) is 5.43. The molecule has 1 atom stereocenters. The number of benzene rings is 2. The van der Waals surface area contributed by atoms with Crippen LogP contribution in [0, 0.1) is 5.92 Å². The predicted octanol–water partition coefficient (Wildman–Crippen LogP) is 6.77. The minimum Gasteiger partial charge on any atom is -0.103 e. The first-order valence-electron chi connectivity index (χ1n) is 9.62. The molecule has 0 nitrogen and oxygen atoms in total. The number of aryl methyl sites for hydroxylation is 2. The van der Waals surface area contributed by atoms with Crippen LogP contribution in [0.5, 0.6) is 0 Å². The van der Waals surface area contributed by atoms with Crippen LogP contribution in [0.15, 0.2) is 55.1 Å². The molecular formula is C24H30. The maximum atomic E-state index is 3.80. The molecule has 0 heteroatoms. The number of hydrogen-bond donors (Lipinski definition) is 0. The standard InChI is InChI=1S/C24H30/c1-3-5-7-19-9-12-21(13-10-19)23-16-15-22-17-20(8-6-4-2)11-14-24(22)18-23/h3,9-10,12-13,15-16,18,20H,1,4-8,11,14,17H2,2H3. The first-order chi connectivity index (χ1) is 11.8. The maximum Gasteiger partial charge on any atom is -0.0181 e. The van der Waals surface area contributed by atoms with Gasteiger partial charge in [-0.05, 0) is 65.8 Å². The zero-order chi connectivity index (χ0) is 16.8. The van der Waals surface area contributed by atoms with Crippen LogP contribution >= 0.6 is 0 Å². The van der Waals surface area contributed by atoms with Gasteiger partial charge in [-0.2, -0.15) is 0 Å². The third kappa shape index (κ3) is 4.17. The van der Waals surface area contributed by atoms with Gasteiger partial charge in [0.05, 0.1) is 0 Å². The van der Waals surface area contributed by atoms with Crippen molar-refractivity contribution >= 4 is 0 Å². The summed E-state index contributed by atoms with van der Waals surface area (Å²) in [6.45, 7) is 6.10. The first kappa shape index (κ1) is 17.0. The lowest BCUT2D eigenvalue weighted by Crippen LogP contribution is -2.14. The van der Waals surface area contributed by atoms with Crippen molar-refractivity contribution in [1.82, 2.24) is 0 Å². The zero-order valence-corrected chi connectivity index (χ0v) is 15.1. The lowest BCUT2D eigenvalue weighted by Gasteiger charge is -2.25. The van der Waals surface area contributed by atoms with Gasteiger partial charge >= 0.3 is 0 Å². The van der Waals surface area contributed by atoms with Gasteiger partial charge in [0.15, 0.2) is 0 Å². The van der Waals surface area contributed by atoms with Crippen LogP contribution in [0.4, 0.5) is 0 Å². The average Bonchev–Trinajstić information content (AvgIpc) is 2.64. The highest BCUT2D eigenvalue weighted by Gasteiger charge is 2.18. The number of hydrogen-bond acceptors (Lipinski definition) is 0. The lowest BCUT2D eigenvalue weighted by atomic mass is 9.80. The van der Waals surface area contributed by atoms with E-state index in [1.807, 2.05) is 6.08 Å². The van der Waals surface area contributed by atoms with Crippen molar-refractivity contribution in [2.45, 2.75) is 58.3 Å². The van der Waals surface area contributed by atoms with Gasteiger partial charge in [-0.3, -0.25) is 0 Å². The zero-order valence-electron chi connectivity index (χ0n) is 15.1.